The number of carbonyl (C=O) groups excluding carboxylic acids is 2. The Morgan fingerprint density at radius 3 is 3.09 bits per heavy atom. The number of carbonyl (C=O) groups is 2. The summed E-state index contributed by atoms with van der Waals surface area (Å²) in [6.45, 7) is 1.96. The van der Waals surface area contributed by atoms with Crippen LogP contribution in [-0.2, 0) is 16.0 Å². The van der Waals surface area contributed by atoms with Crippen LogP contribution in [0.3, 0.4) is 0 Å². The second-order valence-electron chi connectivity index (χ2n) is 5.85. The van der Waals surface area contributed by atoms with E-state index in [1.165, 1.54) is 17.9 Å². The van der Waals surface area contributed by atoms with Gasteiger partial charge in [-0.3, -0.25) is 9.69 Å². The smallest absolute Gasteiger partial charge is 0.414 e. The fourth-order valence-corrected chi connectivity index (χ4v) is 2.92. The maximum Gasteiger partial charge on any atom is 0.414 e. The van der Waals surface area contributed by atoms with Crippen LogP contribution in [0.4, 0.5) is 14.9 Å². The van der Waals surface area contributed by atoms with E-state index in [0.717, 1.165) is 24.8 Å². The van der Waals surface area contributed by atoms with Gasteiger partial charge in [0, 0.05) is 12.5 Å². The number of amides is 2. The summed E-state index contributed by atoms with van der Waals surface area (Å²) in [5, 5.41) is 2.62. The lowest BCUT2D eigenvalue weighted by molar-refractivity contribution is -0.119. The molecule has 5 nitrogen and oxygen atoms in total. The average molecular weight is 318 g/mol. The van der Waals surface area contributed by atoms with Crippen LogP contribution in [0.1, 0.15) is 30.9 Å². The van der Waals surface area contributed by atoms with Gasteiger partial charge in [-0.2, -0.15) is 0 Å². The lowest BCUT2D eigenvalue weighted by atomic mass is 10.0. The molecule has 1 aliphatic carbocycles. The summed E-state index contributed by atoms with van der Waals surface area (Å²) in [5.74, 6) is -0.504. The van der Waals surface area contributed by atoms with E-state index in [2.05, 4.69) is 5.32 Å². The van der Waals surface area contributed by atoms with Gasteiger partial charge in [0.25, 0.3) is 0 Å². The van der Waals surface area contributed by atoms with E-state index in [-0.39, 0.29) is 18.3 Å². The number of hydrogen-bond acceptors (Lipinski definition) is 3. The molecule has 0 unspecified atom stereocenters. The second kappa shape index (κ2) is 6.40. The van der Waals surface area contributed by atoms with Crippen molar-refractivity contribution in [3.05, 3.63) is 35.2 Å². The van der Waals surface area contributed by atoms with E-state index < -0.39 is 12.2 Å². The molecule has 6 heteroatoms. The highest BCUT2D eigenvalue weighted by Gasteiger charge is 2.33. The second-order valence-corrected chi connectivity index (χ2v) is 5.85. The number of anilines is 1. The molecule has 0 aromatic heterocycles. The molecule has 122 valence electrons. The van der Waals surface area contributed by atoms with E-state index in [1.54, 1.807) is 0 Å². The van der Waals surface area contributed by atoms with Crippen LogP contribution in [0.25, 0.3) is 6.08 Å². The van der Waals surface area contributed by atoms with Crippen molar-refractivity contribution in [3.8, 4) is 0 Å². The molecule has 1 atom stereocenters. The molecule has 2 aliphatic rings. The monoisotopic (exact) mass is 318 g/mol. The summed E-state index contributed by atoms with van der Waals surface area (Å²) in [4.78, 5) is 24.4. The van der Waals surface area contributed by atoms with Crippen molar-refractivity contribution in [2.24, 2.45) is 0 Å². The molecule has 1 aliphatic heterocycles. The van der Waals surface area contributed by atoms with Gasteiger partial charge >= 0.3 is 6.09 Å². The number of rotatable bonds is 3. The van der Waals surface area contributed by atoms with Crippen LogP contribution >= 0.6 is 0 Å². The van der Waals surface area contributed by atoms with Gasteiger partial charge in [0.1, 0.15) is 11.9 Å². The number of hydrogen-bond donors (Lipinski definition) is 1. The summed E-state index contributed by atoms with van der Waals surface area (Å²) < 4.78 is 19.6. The third-order valence-electron chi connectivity index (χ3n) is 4.07. The Balaban J connectivity index is 1.81. The predicted molar refractivity (Wildman–Crippen MR) is 84.7 cm³/mol. The molecule has 1 saturated heterocycles. The molecule has 1 N–H and O–H groups in total. The van der Waals surface area contributed by atoms with Gasteiger partial charge in [-0.25, -0.2) is 9.18 Å². The molecule has 0 saturated carbocycles. The van der Waals surface area contributed by atoms with E-state index in [9.17, 15) is 14.0 Å². The van der Waals surface area contributed by atoms with E-state index in [4.69, 9.17) is 4.74 Å². The number of aryl methyl sites for hydroxylation is 1. The van der Waals surface area contributed by atoms with Gasteiger partial charge in [-0.05, 0) is 37.0 Å². The van der Waals surface area contributed by atoms with Gasteiger partial charge in [-0.15, -0.1) is 0 Å². The van der Waals surface area contributed by atoms with Crippen molar-refractivity contribution in [2.75, 3.05) is 18.0 Å². The van der Waals surface area contributed by atoms with Gasteiger partial charge in [0.05, 0.1) is 18.8 Å². The van der Waals surface area contributed by atoms with E-state index in [0.29, 0.717) is 17.8 Å². The summed E-state index contributed by atoms with van der Waals surface area (Å²) in [7, 11) is 0. The fraction of sp³-hybridized carbons (Fsp3) is 0.412. The van der Waals surface area contributed by atoms with Crippen LogP contribution < -0.4 is 10.2 Å². The molecule has 1 heterocycles. The van der Waals surface area contributed by atoms with Crippen molar-refractivity contribution >= 4 is 23.8 Å². The zero-order valence-electron chi connectivity index (χ0n) is 13.0. The lowest BCUT2D eigenvalue weighted by Gasteiger charge is -2.16. The first-order valence-corrected chi connectivity index (χ1v) is 7.76. The maximum absolute atomic E-state index is 14.4. The van der Waals surface area contributed by atoms with E-state index in [1.807, 2.05) is 18.2 Å². The van der Waals surface area contributed by atoms with Crippen molar-refractivity contribution in [1.29, 1.82) is 0 Å². The highest BCUT2D eigenvalue weighted by atomic mass is 19.1. The highest BCUT2D eigenvalue weighted by molar-refractivity contribution is 5.90. The molecule has 1 aromatic carbocycles. The van der Waals surface area contributed by atoms with Crippen molar-refractivity contribution in [2.45, 2.75) is 32.3 Å². The Morgan fingerprint density at radius 1 is 1.48 bits per heavy atom. The number of cyclic esters (lactones) is 1. The van der Waals surface area contributed by atoms with Crippen LogP contribution in [0.2, 0.25) is 0 Å². The lowest BCUT2D eigenvalue weighted by Crippen LogP contribution is -2.33. The molecule has 23 heavy (non-hydrogen) atoms. The first-order chi connectivity index (χ1) is 11.0. The third-order valence-corrected chi connectivity index (χ3v) is 4.07. The number of nitrogens with one attached hydrogen (secondary N) is 1. The molecular weight excluding hydrogens is 299 g/mol. The average Bonchev–Trinajstić information content (AvgIpc) is 2.71. The number of allylic oxidation sites excluding steroid dienone is 1. The van der Waals surface area contributed by atoms with Gasteiger partial charge < -0.3 is 10.1 Å². The zero-order valence-corrected chi connectivity index (χ0v) is 13.0. The molecular formula is C17H19FN2O3. The molecule has 1 fully saturated rings. The SMILES string of the molecule is CC(=O)NC[C@H]1CN(c2cc(F)c3c(c2)CCCC=C3)C(=O)O1. The largest absolute Gasteiger partial charge is 0.442 e. The normalized spacial score (nSPS) is 20.0. The zero-order chi connectivity index (χ0) is 16.4. The minimum Gasteiger partial charge on any atom is -0.442 e. The number of benzene rings is 1. The van der Waals surface area contributed by atoms with E-state index >= 15 is 0 Å². The number of fused-ring (bicyclic) bond motifs is 1. The van der Waals surface area contributed by atoms with Crippen LogP contribution in [-0.4, -0.2) is 31.2 Å². The highest BCUT2D eigenvalue weighted by Crippen LogP contribution is 2.29. The van der Waals surface area contributed by atoms with Crippen molar-refractivity contribution in [1.82, 2.24) is 5.32 Å². The van der Waals surface area contributed by atoms with Crippen LogP contribution in [0.5, 0.6) is 0 Å². The molecule has 0 radical (unpaired) electrons. The summed E-state index contributed by atoms with van der Waals surface area (Å²) in [6, 6.07) is 3.23. The first kappa shape index (κ1) is 15.5. The van der Waals surface area contributed by atoms with Crippen molar-refractivity contribution in [3.63, 3.8) is 0 Å². The quantitative estimate of drug-likeness (QED) is 0.932. The van der Waals surface area contributed by atoms with Gasteiger partial charge in [-0.1, -0.05) is 12.2 Å². The minimum absolute atomic E-state index is 0.178. The van der Waals surface area contributed by atoms with Crippen LogP contribution in [0, 0.1) is 5.82 Å². The number of halogens is 1. The molecule has 0 spiro atoms. The standard InChI is InChI=1S/C17H19FN2O3/c1-11(21)19-9-14-10-20(17(22)23-14)13-7-12-5-3-2-4-6-15(12)16(18)8-13/h4,6-8,14H,2-3,5,9-10H2,1H3,(H,19,21)/t14-/m0/s1. The Kier molecular flexibility index (Phi) is 4.32. The van der Waals surface area contributed by atoms with Gasteiger partial charge in [0.15, 0.2) is 0 Å². The van der Waals surface area contributed by atoms with Gasteiger partial charge in [0.2, 0.25) is 5.91 Å². The molecule has 0 bridgehead atoms. The topological polar surface area (TPSA) is 58.6 Å². The van der Waals surface area contributed by atoms with Crippen LogP contribution in [0.15, 0.2) is 18.2 Å². The summed E-state index contributed by atoms with van der Waals surface area (Å²) >= 11 is 0. The summed E-state index contributed by atoms with van der Waals surface area (Å²) in [5.41, 5.74) is 2.02. The Morgan fingerprint density at radius 2 is 2.30 bits per heavy atom. The Bertz CT molecular complexity index is 672. The fourth-order valence-electron chi connectivity index (χ4n) is 2.92. The Labute approximate surface area is 134 Å². The van der Waals surface area contributed by atoms with Crippen molar-refractivity contribution < 1.29 is 18.7 Å². The third kappa shape index (κ3) is 3.36. The maximum atomic E-state index is 14.4. The first-order valence-electron chi connectivity index (χ1n) is 7.76. The molecule has 3 rings (SSSR count). The number of nitrogens with zero attached hydrogens (tertiary/aromatic N) is 1. The summed E-state index contributed by atoms with van der Waals surface area (Å²) in [6.07, 6.45) is 5.52. The molecule has 1 aromatic rings. The number of ether oxygens (including phenoxy) is 1. The Hall–Kier alpha value is -2.37. The minimum atomic E-state index is -0.510. The molecule has 2 amide bonds. The predicted octanol–water partition coefficient (Wildman–Crippen LogP) is 2.64.